The molecule has 19 heavy (non-hydrogen) atoms. The zero-order valence-electron chi connectivity index (χ0n) is 11.4. The Morgan fingerprint density at radius 3 is 2.32 bits per heavy atom. The number of aryl methyl sites for hydroxylation is 1. The SMILES string of the molecule is C.CCc1ccc(OCCCC(C)(C)C(=O)O)cc1. The molecule has 0 aliphatic heterocycles. The summed E-state index contributed by atoms with van der Waals surface area (Å²) in [6.07, 6.45) is 2.39. The topological polar surface area (TPSA) is 46.5 Å². The zero-order valence-corrected chi connectivity index (χ0v) is 11.4. The molecule has 1 aromatic rings. The summed E-state index contributed by atoms with van der Waals surface area (Å²) in [7, 11) is 0. The van der Waals surface area contributed by atoms with Crippen LogP contribution in [0.3, 0.4) is 0 Å². The molecule has 0 atom stereocenters. The summed E-state index contributed by atoms with van der Waals surface area (Å²) in [6, 6.07) is 8.02. The number of rotatable bonds is 7. The molecule has 3 nitrogen and oxygen atoms in total. The van der Waals surface area contributed by atoms with E-state index in [9.17, 15) is 4.79 Å². The van der Waals surface area contributed by atoms with Gasteiger partial charge in [0.25, 0.3) is 0 Å². The predicted octanol–water partition coefficient (Wildman–Crippen LogP) is 4.15. The number of hydrogen-bond acceptors (Lipinski definition) is 2. The maximum Gasteiger partial charge on any atom is 0.309 e. The Morgan fingerprint density at radius 2 is 1.84 bits per heavy atom. The number of hydrogen-bond donors (Lipinski definition) is 1. The van der Waals surface area contributed by atoms with Crippen LogP contribution in [-0.2, 0) is 11.2 Å². The minimum Gasteiger partial charge on any atom is -0.494 e. The number of carboxylic acids is 1. The van der Waals surface area contributed by atoms with Gasteiger partial charge in [-0.2, -0.15) is 0 Å². The lowest BCUT2D eigenvalue weighted by molar-refractivity contribution is -0.147. The van der Waals surface area contributed by atoms with Crippen LogP contribution in [0.15, 0.2) is 24.3 Å². The average Bonchev–Trinajstić information content (AvgIpc) is 2.35. The maximum atomic E-state index is 10.9. The molecule has 0 saturated carbocycles. The van der Waals surface area contributed by atoms with E-state index in [1.54, 1.807) is 13.8 Å². The first-order chi connectivity index (χ1) is 8.45. The van der Waals surface area contributed by atoms with E-state index in [0.29, 0.717) is 13.0 Å². The van der Waals surface area contributed by atoms with Gasteiger partial charge >= 0.3 is 5.97 Å². The first-order valence-electron chi connectivity index (χ1n) is 6.41. The fraction of sp³-hybridized carbons (Fsp3) is 0.562. The van der Waals surface area contributed by atoms with Gasteiger partial charge in [0.15, 0.2) is 0 Å². The van der Waals surface area contributed by atoms with E-state index in [1.165, 1.54) is 5.56 Å². The Morgan fingerprint density at radius 1 is 1.26 bits per heavy atom. The number of carbonyl (C=O) groups is 1. The summed E-state index contributed by atoms with van der Waals surface area (Å²) in [5.74, 6) is 0.0927. The molecule has 0 unspecified atom stereocenters. The van der Waals surface area contributed by atoms with E-state index in [-0.39, 0.29) is 7.43 Å². The lowest BCUT2D eigenvalue weighted by Crippen LogP contribution is -2.24. The van der Waals surface area contributed by atoms with Gasteiger partial charge in [-0.1, -0.05) is 26.5 Å². The van der Waals surface area contributed by atoms with Crippen LogP contribution in [0.5, 0.6) is 5.75 Å². The highest BCUT2D eigenvalue weighted by molar-refractivity contribution is 5.73. The largest absolute Gasteiger partial charge is 0.494 e. The van der Waals surface area contributed by atoms with E-state index in [1.807, 2.05) is 12.1 Å². The second-order valence-corrected chi connectivity index (χ2v) is 5.14. The van der Waals surface area contributed by atoms with Crippen molar-refractivity contribution in [2.75, 3.05) is 6.61 Å². The lowest BCUT2D eigenvalue weighted by Gasteiger charge is -2.18. The van der Waals surface area contributed by atoms with Gasteiger partial charge < -0.3 is 9.84 Å². The molecule has 0 aromatic heterocycles. The summed E-state index contributed by atoms with van der Waals surface area (Å²) < 4.78 is 5.59. The van der Waals surface area contributed by atoms with Crippen molar-refractivity contribution in [2.24, 2.45) is 5.41 Å². The van der Waals surface area contributed by atoms with E-state index in [4.69, 9.17) is 9.84 Å². The van der Waals surface area contributed by atoms with Gasteiger partial charge in [0.1, 0.15) is 5.75 Å². The highest BCUT2D eigenvalue weighted by Gasteiger charge is 2.26. The van der Waals surface area contributed by atoms with Crippen molar-refractivity contribution in [1.82, 2.24) is 0 Å². The van der Waals surface area contributed by atoms with Crippen molar-refractivity contribution in [1.29, 1.82) is 0 Å². The van der Waals surface area contributed by atoms with Crippen molar-refractivity contribution in [3.8, 4) is 5.75 Å². The van der Waals surface area contributed by atoms with Gasteiger partial charge in [0.05, 0.1) is 12.0 Å². The number of carboxylic acid groups (broad SMARTS) is 1. The molecule has 0 radical (unpaired) electrons. The third kappa shape index (κ3) is 5.77. The van der Waals surface area contributed by atoms with Crippen molar-refractivity contribution in [3.63, 3.8) is 0 Å². The molecule has 0 amide bonds. The normalized spacial score (nSPS) is 10.7. The van der Waals surface area contributed by atoms with Crippen LogP contribution in [0, 0.1) is 5.41 Å². The first-order valence-corrected chi connectivity index (χ1v) is 6.41. The highest BCUT2D eigenvalue weighted by atomic mass is 16.5. The standard InChI is InChI=1S/C15H22O3.CH4/c1-4-12-6-8-13(9-7-12)18-11-5-10-15(2,3)14(16)17;/h6-9H,4-5,10-11H2,1-3H3,(H,16,17);1H4. The monoisotopic (exact) mass is 266 g/mol. The molecular weight excluding hydrogens is 240 g/mol. The molecule has 0 aliphatic carbocycles. The molecule has 0 fully saturated rings. The van der Waals surface area contributed by atoms with Crippen molar-refractivity contribution in [2.45, 2.75) is 47.5 Å². The average molecular weight is 266 g/mol. The Kier molecular flexibility index (Phi) is 7.20. The van der Waals surface area contributed by atoms with Gasteiger partial charge in [0.2, 0.25) is 0 Å². The summed E-state index contributed by atoms with van der Waals surface area (Å²) >= 11 is 0. The quantitative estimate of drug-likeness (QED) is 0.754. The highest BCUT2D eigenvalue weighted by Crippen LogP contribution is 2.22. The Balaban J connectivity index is 0.00000324. The predicted molar refractivity (Wildman–Crippen MR) is 78.7 cm³/mol. The zero-order chi connectivity index (χ0) is 13.6. The van der Waals surface area contributed by atoms with Crippen LogP contribution in [0.1, 0.15) is 46.6 Å². The minimum atomic E-state index is -0.755. The van der Waals surface area contributed by atoms with Crippen LogP contribution in [-0.4, -0.2) is 17.7 Å². The van der Waals surface area contributed by atoms with Crippen molar-refractivity contribution >= 4 is 5.97 Å². The molecule has 0 aliphatic rings. The second kappa shape index (κ2) is 7.82. The Bertz CT molecular complexity index is 379. The van der Waals surface area contributed by atoms with Crippen LogP contribution in [0.4, 0.5) is 0 Å². The summed E-state index contributed by atoms with van der Waals surface area (Å²) in [4.78, 5) is 10.9. The fourth-order valence-corrected chi connectivity index (χ4v) is 1.63. The Hall–Kier alpha value is -1.51. The lowest BCUT2D eigenvalue weighted by atomic mass is 9.88. The minimum absolute atomic E-state index is 0. The summed E-state index contributed by atoms with van der Waals surface area (Å²) in [5, 5.41) is 8.97. The molecule has 108 valence electrons. The Labute approximate surface area is 116 Å². The summed E-state index contributed by atoms with van der Waals surface area (Å²) in [5.41, 5.74) is 0.615. The molecular formula is C16H26O3. The number of ether oxygens (including phenoxy) is 1. The smallest absolute Gasteiger partial charge is 0.309 e. The molecule has 1 N–H and O–H groups in total. The second-order valence-electron chi connectivity index (χ2n) is 5.14. The third-order valence-electron chi connectivity index (χ3n) is 3.13. The molecule has 3 heteroatoms. The first kappa shape index (κ1) is 17.5. The van der Waals surface area contributed by atoms with E-state index in [2.05, 4.69) is 19.1 Å². The van der Waals surface area contributed by atoms with Gasteiger partial charge in [-0.15, -0.1) is 0 Å². The molecule has 0 heterocycles. The number of benzene rings is 1. The van der Waals surface area contributed by atoms with Gasteiger partial charge in [0, 0.05) is 0 Å². The van der Waals surface area contributed by atoms with Crippen LogP contribution in [0.25, 0.3) is 0 Å². The van der Waals surface area contributed by atoms with E-state index in [0.717, 1.165) is 18.6 Å². The number of aliphatic carboxylic acids is 1. The van der Waals surface area contributed by atoms with E-state index >= 15 is 0 Å². The van der Waals surface area contributed by atoms with Gasteiger partial charge in [-0.05, 0) is 50.8 Å². The van der Waals surface area contributed by atoms with Crippen LogP contribution >= 0.6 is 0 Å². The molecule has 1 rings (SSSR count). The van der Waals surface area contributed by atoms with Gasteiger partial charge in [-0.25, -0.2) is 0 Å². The molecule has 0 spiro atoms. The molecule has 0 bridgehead atoms. The summed E-state index contributed by atoms with van der Waals surface area (Å²) in [6.45, 7) is 6.16. The molecule has 1 aromatic carbocycles. The van der Waals surface area contributed by atoms with Crippen LogP contribution in [0.2, 0.25) is 0 Å². The van der Waals surface area contributed by atoms with Crippen molar-refractivity contribution < 1.29 is 14.6 Å². The van der Waals surface area contributed by atoms with Crippen LogP contribution < -0.4 is 4.74 Å². The fourth-order valence-electron chi connectivity index (χ4n) is 1.63. The maximum absolute atomic E-state index is 10.9. The third-order valence-corrected chi connectivity index (χ3v) is 3.13. The van der Waals surface area contributed by atoms with Gasteiger partial charge in [-0.3, -0.25) is 4.79 Å². The van der Waals surface area contributed by atoms with E-state index < -0.39 is 11.4 Å². The van der Waals surface area contributed by atoms with Crippen molar-refractivity contribution in [3.05, 3.63) is 29.8 Å². The molecule has 0 saturated heterocycles.